The summed E-state index contributed by atoms with van der Waals surface area (Å²) in [4.78, 5) is 10.3. The molecular weight excluding hydrogens is 116 g/mol. The Morgan fingerprint density at radius 1 is 1.56 bits per heavy atom. The summed E-state index contributed by atoms with van der Waals surface area (Å²) in [5.41, 5.74) is 0. The summed E-state index contributed by atoms with van der Waals surface area (Å²) in [6.07, 6.45) is 0.938. The monoisotopic (exact) mass is 130 g/mol. The largest absolute Gasteiger partial charge is 0.481 e. The Labute approximate surface area is 55.9 Å². The summed E-state index contributed by atoms with van der Waals surface area (Å²) in [6, 6.07) is 0. The molecule has 2 heteroatoms. The van der Waals surface area contributed by atoms with Crippen molar-refractivity contribution in [1.29, 1.82) is 0 Å². The van der Waals surface area contributed by atoms with Crippen molar-refractivity contribution in [3.63, 3.8) is 0 Å². The first-order valence-electron chi connectivity index (χ1n) is 3.32. The van der Waals surface area contributed by atoms with E-state index in [1.165, 1.54) is 0 Å². The molecule has 9 heavy (non-hydrogen) atoms. The van der Waals surface area contributed by atoms with Crippen molar-refractivity contribution in [1.82, 2.24) is 0 Å². The number of aliphatic carboxylic acids is 1. The van der Waals surface area contributed by atoms with E-state index in [2.05, 4.69) is 0 Å². The summed E-state index contributed by atoms with van der Waals surface area (Å²) < 4.78 is 0. The van der Waals surface area contributed by atoms with Crippen LogP contribution in [0.5, 0.6) is 0 Å². The summed E-state index contributed by atoms with van der Waals surface area (Å²) in [7, 11) is 0. The minimum atomic E-state index is -0.690. The van der Waals surface area contributed by atoms with Gasteiger partial charge in [-0.2, -0.15) is 0 Å². The van der Waals surface area contributed by atoms with Crippen LogP contribution in [0.4, 0.5) is 0 Å². The lowest BCUT2D eigenvalue weighted by Gasteiger charge is -2.11. The molecule has 1 unspecified atom stereocenters. The fraction of sp³-hybridized carbons (Fsp3) is 0.857. The Bertz CT molecular complexity index is 99.1. The molecule has 0 rings (SSSR count). The van der Waals surface area contributed by atoms with E-state index >= 15 is 0 Å². The highest BCUT2D eigenvalue weighted by atomic mass is 16.4. The van der Waals surface area contributed by atoms with Gasteiger partial charge in [-0.05, 0) is 5.92 Å². The van der Waals surface area contributed by atoms with Crippen LogP contribution < -0.4 is 0 Å². The third-order valence-electron chi connectivity index (χ3n) is 1.89. The Morgan fingerprint density at radius 2 is 2.00 bits per heavy atom. The first-order valence-corrected chi connectivity index (χ1v) is 3.32. The van der Waals surface area contributed by atoms with E-state index in [4.69, 9.17) is 5.11 Å². The van der Waals surface area contributed by atoms with Gasteiger partial charge in [0.25, 0.3) is 0 Å². The Kier molecular flexibility index (Phi) is 3.28. The molecule has 0 heterocycles. The van der Waals surface area contributed by atoms with Gasteiger partial charge in [0.2, 0.25) is 0 Å². The van der Waals surface area contributed by atoms with Gasteiger partial charge in [-0.1, -0.05) is 27.2 Å². The van der Waals surface area contributed by atoms with Crippen molar-refractivity contribution in [2.24, 2.45) is 11.8 Å². The molecule has 0 saturated heterocycles. The lowest BCUT2D eigenvalue weighted by Crippen LogP contribution is -2.17. The van der Waals surface area contributed by atoms with E-state index < -0.39 is 5.97 Å². The molecule has 0 aliphatic rings. The maximum Gasteiger partial charge on any atom is 0.306 e. The summed E-state index contributed by atoms with van der Waals surface area (Å²) in [5.74, 6) is -0.596. The van der Waals surface area contributed by atoms with Crippen LogP contribution in [-0.2, 0) is 4.79 Å². The summed E-state index contributed by atoms with van der Waals surface area (Å²) in [6.45, 7) is 5.71. The average molecular weight is 130 g/mol. The van der Waals surface area contributed by atoms with Gasteiger partial charge in [-0.25, -0.2) is 0 Å². The van der Waals surface area contributed by atoms with Crippen molar-refractivity contribution in [3.05, 3.63) is 0 Å². The second-order valence-corrected chi connectivity index (χ2v) is 2.51. The predicted molar refractivity (Wildman–Crippen MR) is 36.3 cm³/mol. The molecule has 0 fully saturated rings. The van der Waals surface area contributed by atoms with Crippen LogP contribution in [0, 0.1) is 11.8 Å². The highest BCUT2D eigenvalue weighted by Crippen LogP contribution is 2.13. The van der Waals surface area contributed by atoms with E-state index in [0.29, 0.717) is 5.92 Å². The van der Waals surface area contributed by atoms with Crippen molar-refractivity contribution in [2.75, 3.05) is 0 Å². The fourth-order valence-electron chi connectivity index (χ4n) is 0.597. The Hall–Kier alpha value is -0.530. The zero-order valence-electron chi connectivity index (χ0n) is 6.22. The number of hydrogen-bond acceptors (Lipinski definition) is 1. The van der Waals surface area contributed by atoms with Crippen LogP contribution in [-0.4, -0.2) is 11.1 Å². The molecule has 0 radical (unpaired) electrons. The summed E-state index contributed by atoms with van der Waals surface area (Å²) >= 11 is 0. The van der Waals surface area contributed by atoms with E-state index in [0.717, 1.165) is 6.42 Å². The molecule has 2 nitrogen and oxygen atoms in total. The maximum atomic E-state index is 10.3. The van der Waals surface area contributed by atoms with E-state index in [1.807, 2.05) is 13.8 Å². The molecule has 54 valence electrons. The van der Waals surface area contributed by atoms with Gasteiger partial charge in [0.05, 0.1) is 5.92 Å². The normalized spacial score (nSPS) is 16.8. The lowest BCUT2D eigenvalue weighted by atomic mass is 9.94. The highest BCUT2D eigenvalue weighted by Gasteiger charge is 2.16. The minimum absolute atomic E-state index is 0.199. The first kappa shape index (κ1) is 8.47. The molecule has 0 aromatic rings. The fourth-order valence-corrected chi connectivity index (χ4v) is 0.597. The second kappa shape index (κ2) is 3.49. The number of carboxylic acids is 1. The van der Waals surface area contributed by atoms with Gasteiger partial charge in [0.15, 0.2) is 0 Å². The smallest absolute Gasteiger partial charge is 0.306 e. The van der Waals surface area contributed by atoms with E-state index in [1.54, 1.807) is 6.92 Å². The molecule has 0 spiro atoms. The van der Waals surface area contributed by atoms with Crippen molar-refractivity contribution in [3.8, 4) is 0 Å². The molecule has 0 aliphatic heterocycles. The molecule has 0 amide bonds. The Balaban J connectivity index is 3.72. The van der Waals surface area contributed by atoms with E-state index in [-0.39, 0.29) is 5.92 Å². The van der Waals surface area contributed by atoms with Crippen LogP contribution in [0.3, 0.4) is 0 Å². The summed E-state index contributed by atoms with van der Waals surface area (Å²) in [5, 5.41) is 8.48. The molecule has 0 saturated carbocycles. The SMILES string of the molecule is CC[C@@H](C)C(C)C(=O)O. The van der Waals surface area contributed by atoms with Crippen LogP contribution in [0.15, 0.2) is 0 Å². The third kappa shape index (κ3) is 2.49. The number of carbonyl (C=O) groups is 1. The zero-order valence-corrected chi connectivity index (χ0v) is 6.22. The second-order valence-electron chi connectivity index (χ2n) is 2.51. The van der Waals surface area contributed by atoms with Gasteiger partial charge >= 0.3 is 5.97 Å². The van der Waals surface area contributed by atoms with Crippen LogP contribution >= 0.6 is 0 Å². The van der Waals surface area contributed by atoms with Crippen LogP contribution in [0.2, 0.25) is 0 Å². The van der Waals surface area contributed by atoms with Crippen LogP contribution in [0.25, 0.3) is 0 Å². The number of hydrogen-bond donors (Lipinski definition) is 1. The minimum Gasteiger partial charge on any atom is -0.481 e. The topological polar surface area (TPSA) is 37.3 Å². The van der Waals surface area contributed by atoms with Crippen molar-refractivity contribution >= 4 is 5.97 Å². The molecule has 0 bridgehead atoms. The van der Waals surface area contributed by atoms with Gasteiger partial charge in [0.1, 0.15) is 0 Å². The van der Waals surface area contributed by atoms with Crippen molar-refractivity contribution < 1.29 is 9.90 Å². The molecule has 2 atom stereocenters. The van der Waals surface area contributed by atoms with Gasteiger partial charge < -0.3 is 5.11 Å². The van der Waals surface area contributed by atoms with Crippen molar-refractivity contribution in [2.45, 2.75) is 27.2 Å². The first-order chi connectivity index (χ1) is 4.09. The van der Waals surface area contributed by atoms with Gasteiger partial charge in [0, 0.05) is 0 Å². The number of carboxylic acid groups (broad SMARTS) is 1. The maximum absolute atomic E-state index is 10.3. The quantitative estimate of drug-likeness (QED) is 0.632. The molecule has 0 aromatic heterocycles. The van der Waals surface area contributed by atoms with Gasteiger partial charge in [-0.15, -0.1) is 0 Å². The van der Waals surface area contributed by atoms with Crippen LogP contribution in [0.1, 0.15) is 27.2 Å². The van der Waals surface area contributed by atoms with Gasteiger partial charge in [-0.3, -0.25) is 4.79 Å². The Morgan fingerprint density at radius 3 is 2.11 bits per heavy atom. The molecule has 0 aromatic carbocycles. The predicted octanol–water partition coefficient (Wildman–Crippen LogP) is 1.75. The molecule has 1 N–H and O–H groups in total. The van der Waals surface area contributed by atoms with E-state index in [9.17, 15) is 4.79 Å². The zero-order chi connectivity index (χ0) is 7.44. The number of rotatable bonds is 3. The average Bonchev–Trinajstić information content (AvgIpc) is 1.84. The highest BCUT2D eigenvalue weighted by molar-refractivity contribution is 5.69. The molecule has 0 aliphatic carbocycles. The molecular formula is C7H14O2. The lowest BCUT2D eigenvalue weighted by molar-refractivity contribution is -0.142. The standard InChI is InChI=1S/C7H14O2/c1-4-5(2)6(3)7(8)9/h5-6H,4H2,1-3H3,(H,8,9)/t5-,6?/m1/s1. The third-order valence-corrected chi connectivity index (χ3v) is 1.89.